The molecule has 0 bridgehead atoms. The van der Waals surface area contributed by atoms with Crippen LogP contribution in [0.3, 0.4) is 0 Å². The van der Waals surface area contributed by atoms with E-state index in [1.54, 1.807) is 0 Å². The fraction of sp³-hybridized carbons (Fsp3) is 0.294. The number of alkyl halides is 1. The maximum absolute atomic E-state index is 9.28. The molecule has 1 N–H and O–H groups in total. The van der Waals surface area contributed by atoms with Gasteiger partial charge in [-0.15, -0.1) is 30.1 Å². The molecule has 0 aliphatic heterocycles. The van der Waals surface area contributed by atoms with Crippen LogP contribution in [0, 0.1) is 27.7 Å². The first kappa shape index (κ1) is 42.6. The summed E-state index contributed by atoms with van der Waals surface area (Å²) in [5, 5.41) is 11.6. The number of aliphatic hydroxyl groups excluding tert-OH is 1. The predicted molar refractivity (Wildman–Crippen MR) is 181 cm³/mol. The minimum atomic E-state index is 0. The Morgan fingerprint density at radius 3 is 1.21 bits per heavy atom. The molecule has 2 unspecified atom stereocenters. The minimum absolute atomic E-state index is 0. The summed E-state index contributed by atoms with van der Waals surface area (Å²) in [7, 11) is 5.35. The van der Waals surface area contributed by atoms with E-state index in [4.69, 9.17) is 21.1 Å². The van der Waals surface area contributed by atoms with Gasteiger partial charge in [-0.25, -0.2) is 0 Å². The molecular formula is C34H45Cl2LiO3P2. The van der Waals surface area contributed by atoms with Crippen molar-refractivity contribution in [2.75, 3.05) is 0 Å². The van der Waals surface area contributed by atoms with E-state index in [9.17, 15) is 5.11 Å². The van der Waals surface area contributed by atoms with E-state index in [1.807, 2.05) is 26.0 Å². The van der Waals surface area contributed by atoms with Crippen LogP contribution in [-0.4, -0.2) is 5.11 Å². The fourth-order valence-electron chi connectivity index (χ4n) is 4.10. The van der Waals surface area contributed by atoms with Gasteiger partial charge in [0.25, 0.3) is 0 Å². The van der Waals surface area contributed by atoms with Gasteiger partial charge in [0.05, 0.1) is 6.61 Å². The quantitative estimate of drug-likeness (QED) is 0.183. The van der Waals surface area contributed by atoms with Crippen molar-refractivity contribution < 1.29 is 45.8 Å². The van der Waals surface area contributed by atoms with Gasteiger partial charge in [0.2, 0.25) is 0 Å². The molecule has 0 fully saturated rings. The number of rotatable bonds is 8. The van der Waals surface area contributed by atoms with Crippen LogP contribution in [0.1, 0.15) is 59.4 Å². The zero-order chi connectivity index (χ0) is 27.7. The van der Waals surface area contributed by atoms with Crippen LogP contribution < -0.4 is 51.4 Å². The SMILES string of the molecule is C.C.Cc1cc(OCc2ccc(P)cc2)cc(C)c1CCl.Cc1cc(OCc2ccc(P)cc2)cc(C)c1CO.[Cl-].[Li+]. The Balaban J connectivity index is 0. The molecule has 42 heavy (non-hydrogen) atoms. The molecule has 3 nitrogen and oxygen atoms in total. The molecule has 0 amide bonds. The van der Waals surface area contributed by atoms with Crippen LogP contribution in [0.4, 0.5) is 0 Å². The second kappa shape index (κ2) is 21.2. The largest absolute Gasteiger partial charge is 1.00 e. The zero-order valence-corrected chi connectivity index (χ0v) is 27.8. The summed E-state index contributed by atoms with van der Waals surface area (Å²) in [6.45, 7) is 9.35. The molecule has 0 aliphatic rings. The molecule has 0 aromatic heterocycles. The zero-order valence-electron chi connectivity index (χ0n) is 23.9. The van der Waals surface area contributed by atoms with Gasteiger partial charge in [-0.3, -0.25) is 0 Å². The van der Waals surface area contributed by atoms with Crippen molar-refractivity contribution in [3.63, 3.8) is 0 Å². The van der Waals surface area contributed by atoms with Crippen LogP contribution in [0.25, 0.3) is 0 Å². The normalized spacial score (nSPS) is 9.52. The van der Waals surface area contributed by atoms with Crippen LogP contribution in [0.5, 0.6) is 11.5 Å². The van der Waals surface area contributed by atoms with E-state index >= 15 is 0 Å². The van der Waals surface area contributed by atoms with Crippen LogP contribution in [0.15, 0.2) is 72.8 Å². The van der Waals surface area contributed by atoms with Gasteiger partial charge in [0.15, 0.2) is 0 Å². The molecule has 0 spiro atoms. The fourth-order valence-corrected chi connectivity index (χ4v) is 4.90. The van der Waals surface area contributed by atoms with Crippen LogP contribution in [0.2, 0.25) is 0 Å². The Kier molecular flexibility index (Phi) is 21.5. The van der Waals surface area contributed by atoms with Gasteiger partial charge in [0.1, 0.15) is 24.7 Å². The summed E-state index contributed by atoms with van der Waals surface area (Å²) in [5.74, 6) is 2.30. The number of aryl methyl sites for hydroxylation is 4. The molecule has 0 radical (unpaired) electrons. The van der Waals surface area contributed by atoms with Crippen molar-refractivity contribution in [3.8, 4) is 11.5 Å². The average molecular weight is 642 g/mol. The maximum atomic E-state index is 9.28. The summed E-state index contributed by atoms with van der Waals surface area (Å²) in [5.41, 5.74) is 9.00. The van der Waals surface area contributed by atoms with E-state index in [0.29, 0.717) is 19.1 Å². The van der Waals surface area contributed by atoms with Crippen molar-refractivity contribution in [2.24, 2.45) is 0 Å². The summed E-state index contributed by atoms with van der Waals surface area (Å²) in [6.07, 6.45) is 0. The van der Waals surface area contributed by atoms with E-state index in [2.05, 4.69) is 93.0 Å². The van der Waals surface area contributed by atoms with E-state index < -0.39 is 0 Å². The summed E-state index contributed by atoms with van der Waals surface area (Å²) in [6, 6.07) is 24.6. The summed E-state index contributed by atoms with van der Waals surface area (Å²) >= 11 is 5.93. The number of aliphatic hydroxyl groups is 1. The molecule has 224 valence electrons. The first-order chi connectivity index (χ1) is 18.2. The second-order valence-electron chi connectivity index (χ2n) is 9.42. The van der Waals surface area contributed by atoms with Gasteiger partial charge in [-0.05, 0) is 107 Å². The van der Waals surface area contributed by atoms with Gasteiger partial charge in [0, 0.05) is 5.88 Å². The Labute approximate surface area is 282 Å². The number of hydrogen-bond donors (Lipinski definition) is 1. The third-order valence-corrected chi connectivity index (χ3v) is 7.44. The van der Waals surface area contributed by atoms with E-state index in [1.165, 1.54) is 32.9 Å². The molecule has 0 aliphatic carbocycles. The molecule has 0 saturated carbocycles. The number of benzene rings is 4. The third-order valence-electron chi connectivity index (χ3n) is 6.40. The standard InChI is InChI=1S/C16H18ClOP.C16H19O2P.2CH4.ClH.Li/c2*1-11-7-14(8-12(2)16(11)9-17)18-10-13-3-5-15(19)6-4-13;;;;/h3-8H,9-10,19H2,1-2H3;3-8,17H,9-10,19H2,1-2H3;2*1H4;1H;/q;;;;;+1/p-1. The minimum Gasteiger partial charge on any atom is -1.00 e. The monoisotopic (exact) mass is 640 g/mol. The van der Waals surface area contributed by atoms with Crippen LogP contribution in [-0.2, 0) is 25.7 Å². The Morgan fingerprint density at radius 2 is 0.929 bits per heavy atom. The number of halogens is 2. The number of hydrogen-bond acceptors (Lipinski definition) is 3. The molecule has 2 atom stereocenters. The third kappa shape index (κ3) is 13.0. The Bertz CT molecular complexity index is 1200. The Morgan fingerprint density at radius 1 is 0.619 bits per heavy atom. The summed E-state index contributed by atoms with van der Waals surface area (Å²) < 4.78 is 11.6. The van der Waals surface area contributed by atoms with Gasteiger partial charge >= 0.3 is 18.9 Å². The van der Waals surface area contributed by atoms with Gasteiger partial charge in [-0.2, -0.15) is 0 Å². The maximum Gasteiger partial charge on any atom is 1.00 e. The topological polar surface area (TPSA) is 38.7 Å². The average Bonchev–Trinajstić information content (AvgIpc) is 2.88. The molecule has 8 heteroatoms. The van der Waals surface area contributed by atoms with Crippen molar-refractivity contribution in [1.29, 1.82) is 0 Å². The predicted octanol–water partition coefficient (Wildman–Crippen LogP) is 2.28. The molecule has 0 heterocycles. The van der Waals surface area contributed by atoms with E-state index in [-0.39, 0.29) is 52.7 Å². The smallest absolute Gasteiger partial charge is 1.00 e. The second-order valence-corrected chi connectivity index (χ2v) is 11.0. The first-order valence-electron chi connectivity index (χ1n) is 12.5. The number of ether oxygens (including phenoxy) is 2. The summed E-state index contributed by atoms with van der Waals surface area (Å²) in [4.78, 5) is 0. The van der Waals surface area contributed by atoms with Gasteiger partial charge < -0.3 is 27.0 Å². The molecule has 4 rings (SSSR count). The van der Waals surface area contributed by atoms with Crippen molar-refractivity contribution in [2.45, 2.75) is 68.2 Å². The van der Waals surface area contributed by atoms with Crippen molar-refractivity contribution in [3.05, 3.63) is 117 Å². The van der Waals surface area contributed by atoms with Gasteiger partial charge in [-0.1, -0.05) is 63.4 Å². The molecular weight excluding hydrogens is 596 g/mol. The van der Waals surface area contributed by atoms with Crippen molar-refractivity contribution in [1.82, 2.24) is 0 Å². The Hall–Kier alpha value is -1.52. The van der Waals surface area contributed by atoms with Crippen molar-refractivity contribution >= 4 is 40.7 Å². The molecule has 4 aromatic carbocycles. The van der Waals surface area contributed by atoms with Crippen LogP contribution >= 0.6 is 30.1 Å². The molecule has 4 aromatic rings. The first-order valence-corrected chi connectivity index (χ1v) is 14.2. The van der Waals surface area contributed by atoms with E-state index in [0.717, 1.165) is 33.8 Å². The molecule has 0 saturated heterocycles.